The molecule has 0 radical (unpaired) electrons. The van der Waals surface area contributed by atoms with Crippen molar-refractivity contribution >= 4 is 5.69 Å². The van der Waals surface area contributed by atoms with E-state index in [0.717, 1.165) is 12.6 Å². The molecule has 1 aliphatic carbocycles. The van der Waals surface area contributed by atoms with E-state index in [1.165, 1.54) is 36.9 Å². The van der Waals surface area contributed by atoms with Crippen molar-refractivity contribution in [1.82, 2.24) is 5.32 Å². The van der Waals surface area contributed by atoms with Gasteiger partial charge in [0.15, 0.2) is 0 Å². The summed E-state index contributed by atoms with van der Waals surface area (Å²) >= 11 is 0. The molecule has 1 aromatic carbocycles. The molecule has 1 aliphatic rings. The second kappa shape index (κ2) is 5.35. The first-order valence-electron chi connectivity index (χ1n) is 6.25. The molecule has 0 heterocycles. The third-order valence-corrected chi connectivity index (χ3v) is 3.38. The number of nitrogens with one attached hydrogen (secondary N) is 1. The Bertz CT molecular complexity index is 327. The maximum absolute atomic E-state index is 3.65. The summed E-state index contributed by atoms with van der Waals surface area (Å²) in [5.74, 6) is 0. The van der Waals surface area contributed by atoms with E-state index in [1.807, 2.05) is 0 Å². The van der Waals surface area contributed by atoms with Crippen molar-refractivity contribution < 1.29 is 0 Å². The van der Waals surface area contributed by atoms with E-state index in [1.54, 1.807) is 0 Å². The zero-order valence-electron chi connectivity index (χ0n) is 10.4. The summed E-state index contributed by atoms with van der Waals surface area (Å²) in [4.78, 5) is 2.15. The van der Waals surface area contributed by atoms with Gasteiger partial charge in [0.1, 0.15) is 0 Å². The Balaban J connectivity index is 1.90. The van der Waals surface area contributed by atoms with Crippen LogP contribution in [0.2, 0.25) is 0 Å². The number of anilines is 1. The summed E-state index contributed by atoms with van der Waals surface area (Å²) in [7, 11) is 4.17. The molecule has 16 heavy (non-hydrogen) atoms. The molecule has 0 aromatic heterocycles. The van der Waals surface area contributed by atoms with E-state index < -0.39 is 0 Å². The fourth-order valence-electron chi connectivity index (χ4n) is 2.34. The summed E-state index contributed by atoms with van der Waals surface area (Å²) in [6.45, 7) is 1.01. The quantitative estimate of drug-likeness (QED) is 0.836. The SMILES string of the molecule is CN(C)c1cccc(CNC2CCCC2)c1. The van der Waals surface area contributed by atoms with Crippen molar-refractivity contribution in [3.8, 4) is 0 Å². The third kappa shape index (κ3) is 2.99. The van der Waals surface area contributed by atoms with Crippen molar-refractivity contribution in [2.24, 2.45) is 0 Å². The van der Waals surface area contributed by atoms with Gasteiger partial charge < -0.3 is 10.2 Å². The minimum atomic E-state index is 0.753. The summed E-state index contributed by atoms with van der Waals surface area (Å²) in [6, 6.07) is 9.51. The van der Waals surface area contributed by atoms with Gasteiger partial charge in [0.25, 0.3) is 0 Å². The molecule has 1 saturated carbocycles. The van der Waals surface area contributed by atoms with Crippen LogP contribution >= 0.6 is 0 Å². The molecule has 88 valence electrons. The predicted molar refractivity (Wildman–Crippen MR) is 69.9 cm³/mol. The average Bonchev–Trinajstić information content (AvgIpc) is 2.79. The Kier molecular flexibility index (Phi) is 3.83. The third-order valence-electron chi connectivity index (χ3n) is 3.38. The van der Waals surface area contributed by atoms with Crippen LogP contribution in [0.1, 0.15) is 31.2 Å². The zero-order valence-corrected chi connectivity index (χ0v) is 10.4. The molecule has 2 rings (SSSR count). The fourth-order valence-corrected chi connectivity index (χ4v) is 2.34. The molecule has 0 amide bonds. The van der Waals surface area contributed by atoms with Crippen molar-refractivity contribution in [2.75, 3.05) is 19.0 Å². The largest absolute Gasteiger partial charge is 0.378 e. The van der Waals surface area contributed by atoms with E-state index in [9.17, 15) is 0 Å². The Hall–Kier alpha value is -1.02. The highest BCUT2D eigenvalue weighted by Gasteiger charge is 2.13. The molecule has 0 bridgehead atoms. The lowest BCUT2D eigenvalue weighted by Crippen LogP contribution is -2.25. The lowest BCUT2D eigenvalue weighted by molar-refractivity contribution is 0.524. The molecule has 0 unspecified atom stereocenters. The molecule has 1 fully saturated rings. The maximum atomic E-state index is 3.65. The standard InChI is InChI=1S/C14H22N2/c1-16(2)14-9-5-6-12(10-14)11-15-13-7-3-4-8-13/h5-6,9-10,13,15H,3-4,7-8,11H2,1-2H3. The first kappa shape index (κ1) is 11.5. The average molecular weight is 218 g/mol. The van der Waals surface area contributed by atoms with E-state index in [4.69, 9.17) is 0 Å². The summed E-state index contributed by atoms with van der Waals surface area (Å²) in [5, 5.41) is 3.65. The molecule has 2 nitrogen and oxygen atoms in total. The van der Waals surface area contributed by atoms with Crippen molar-refractivity contribution in [1.29, 1.82) is 0 Å². The lowest BCUT2D eigenvalue weighted by atomic mass is 10.1. The van der Waals surface area contributed by atoms with Gasteiger partial charge in [0, 0.05) is 32.4 Å². The number of nitrogens with zero attached hydrogens (tertiary/aromatic N) is 1. The highest BCUT2D eigenvalue weighted by molar-refractivity contribution is 5.47. The summed E-state index contributed by atoms with van der Waals surface area (Å²) in [5.41, 5.74) is 2.67. The number of hydrogen-bond donors (Lipinski definition) is 1. The monoisotopic (exact) mass is 218 g/mol. The van der Waals surface area contributed by atoms with Crippen LogP contribution in [-0.2, 0) is 6.54 Å². The molecule has 2 heteroatoms. The van der Waals surface area contributed by atoms with Crippen LogP contribution in [0, 0.1) is 0 Å². The first-order valence-corrected chi connectivity index (χ1v) is 6.25. The van der Waals surface area contributed by atoms with Crippen LogP contribution in [0.15, 0.2) is 24.3 Å². The second-order valence-electron chi connectivity index (χ2n) is 4.93. The van der Waals surface area contributed by atoms with Crippen LogP contribution in [0.5, 0.6) is 0 Å². The number of rotatable bonds is 4. The van der Waals surface area contributed by atoms with Crippen molar-refractivity contribution in [3.05, 3.63) is 29.8 Å². The highest BCUT2D eigenvalue weighted by Crippen LogP contribution is 2.19. The predicted octanol–water partition coefficient (Wildman–Crippen LogP) is 2.78. The van der Waals surface area contributed by atoms with Crippen LogP contribution < -0.4 is 10.2 Å². The van der Waals surface area contributed by atoms with Crippen LogP contribution in [0.3, 0.4) is 0 Å². The van der Waals surface area contributed by atoms with E-state index >= 15 is 0 Å². The zero-order chi connectivity index (χ0) is 11.4. The molecule has 0 spiro atoms. The molecule has 1 aromatic rings. The van der Waals surface area contributed by atoms with Crippen LogP contribution in [0.25, 0.3) is 0 Å². The van der Waals surface area contributed by atoms with Gasteiger partial charge >= 0.3 is 0 Å². The van der Waals surface area contributed by atoms with Gasteiger partial charge in [-0.15, -0.1) is 0 Å². The van der Waals surface area contributed by atoms with E-state index in [2.05, 4.69) is 48.6 Å². The van der Waals surface area contributed by atoms with Gasteiger partial charge in [0.05, 0.1) is 0 Å². The Labute approximate surface area is 98.7 Å². The molecule has 0 atom stereocenters. The van der Waals surface area contributed by atoms with Gasteiger partial charge in [-0.3, -0.25) is 0 Å². The maximum Gasteiger partial charge on any atom is 0.0364 e. The molecular formula is C14H22N2. The minimum absolute atomic E-state index is 0.753. The first-order chi connectivity index (χ1) is 7.75. The van der Waals surface area contributed by atoms with Gasteiger partial charge in [-0.2, -0.15) is 0 Å². The van der Waals surface area contributed by atoms with Crippen LogP contribution in [0.4, 0.5) is 5.69 Å². The molecule has 0 aliphatic heterocycles. The Morgan fingerprint density at radius 3 is 2.69 bits per heavy atom. The Morgan fingerprint density at radius 2 is 2.00 bits per heavy atom. The number of benzene rings is 1. The van der Waals surface area contributed by atoms with E-state index in [-0.39, 0.29) is 0 Å². The minimum Gasteiger partial charge on any atom is -0.378 e. The number of hydrogen-bond acceptors (Lipinski definition) is 2. The van der Waals surface area contributed by atoms with E-state index in [0.29, 0.717) is 0 Å². The van der Waals surface area contributed by atoms with Gasteiger partial charge in [-0.25, -0.2) is 0 Å². The molecular weight excluding hydrogens is 196 g/mol. The van der Waals surface area contributed by atoms with Gasteiger partial charge in [-0.1, -0.05) is 25.0 Å². The summed E-state index contributed by atoms with van der Waals surface area (Å²) < 4.78 is 0. The summed E-state index contributed by atoms with van der Waals surface area (Å²) in [6.07, 6.45) is 5.51. The fraction of sp³-hybridized carbons (Fsp3) is 0.571. The molecule has 1 N–H and O–H groups in total. The second-order valence-corrected chi connectivity index (χ2v) is 4.93. The topological polar surface area (TPSA) is 15.3 Å². The highest BCUT2D eigenvalue weighted by atomic mass is 15.1. The van der Waals surface area contributed by atoms with Crippen LogP contribution in [-0.4, -0.2) is 20.1 Å². The Morgan fingerprint density at radius 1 is 1.25 bits per heavy atom. The smallest absolute Gasteiger partial charge is 0.0364 e. The molecule has 0 saturated heterocycles. The normalized spacial score (nSPS) is 16.6. The van der Waals surface area contributed by atoms with Gasteiger partial charge in [0.2, 0.25) is 0 Å². The van der Waals surface area contributed by atoms with Gasteiger partial charge in [-0.05, 0) is 30.5 Å². The van der Waals surface area contributed by atoms with Crippen molar-refractivity contribution in [3.63, 3.8) is 0 Å². The lowest BCUT2D eigenvalue weighted by Gasteiger charge is -2.15. The van der Waals surface area contributed by atoms with Crippen molar-refractivity contribution in [2.45, 2.75) is 38.3 Å².